The fourth-order valence-electron chi connectivity index (χ4n) is 1.90. The van der Waals surface area contributed by atoms with Crippen molar-refractivity contribution in [1.82, 2.24) is 9.88 Å². The van der Waals surface area contributed by atoms with Crippen LogP contribution in [0.1, 0.15) is 18.5 Å². The largest absolute Gasteiger partial charge is 0.322 e. The number of amides is 2. The van der Waals surface area contributed by atoms with Crippen LogP contribution in [0.25, 0.3) is 0 Å². The second kappa shape index (κ2) is 6.46. The minimum absolute atomic E-state index is 0.0350. The quantitative estimate of drug-likeness (QED) is 0.939. The second-order valence-electron chi connectivity index (χ2n) is 4.74. The lowest BCUT2D eigenvalue weighted by Crippen LogP contribution is -2.34. The molecule has 0 saturated heterocycles. The molecule has 4 nitrogen and oxygen atoms in total. The molecular formula is C15H14F3N3O. The maximum absolute atomic E-state index is 13.7. The molecule has 0 unspecified atom stereocenters. The summed E-state index contributed by atoms with van der Waals surface area (Å²) in [4.78, 5) is 16.8. The van der Waals surface area contributed by atoms with E-state index in [1.54, 1.807) is 6.92 Å². The number of halogens is 3. The number of nitrogens with one attached hydrogen (secondary N) is 1. The third kappa shape index (κ3) is 3.36. The summed E-state index contributed by atoms with van der Waals surface area (Å²) in [6.45, 7) is 1.54. The van der Waals surface area contributed by atoms with Crippen LogP contribution < -0.4 is 5.32 Å². The second-order valence-corrected chi connectivity index (χ2v) is 4.74. The van der Waals surface area contributed by atoms with Crippen molar-refractivity contribution in [3.8, 4) is 0 Å². The maximum atomic E-state index is 13.7. The summed E-state index contributed by atoms with van der Waals surface area (Å²) in [5.74, 6) is -1.91. The fourth-order valence-corrected chi connectivity index (χ4v) is 1.90. The molecule has 2 rings (SSSR count). The van der Waals surface area contributed by atoms with Gasteiger partial charge in [0.15, 0.2) is 5.82 Å². The van der Waals surface area contributed by atoms with Gasteiger partial charge in [-0.15, -0.1) is 0 Å². The lowest BCUT2D eigenvalue weighted by atomic mass is 10.1. The monoisotopic (exact) mass is 309 g/mol. The van der Waals surface area contributed by atoms with Gasteiger partial charge in [0.2, 0.25) is 0 Å². The molecule has 1 heterocycles. The molecule has 116 valence electrons. The van der Waals surface area contributed by atoms with Crippen LogP contribution in [0.3, 0.4) is 0 Å². The average molecular weight is 309 g/mol. The summed E-state index contributed by atoms with van der Waals surface area (Å²) in [6, 6.07) is 2.93. The zero-order valence-corrected chi connectivity index (χ0v) is 12.0. The summed E-state index contributed by atoms with van der Waals surface area (Å²) in [7, 11) is 1.41. The normalized spacial score (nSPS) is 11.9. The Labute approximate surface area is 125 Å². The van der Waals surface area contributed by atoms with E-state index in [4.69, 9.17) is 0 Å². The number of hydrogen-bond acceptors (Lipinski definition) is 2. The Kier molecular flexibility index (Phi) is 4.65. The number of carbonyl (C=O) groups excluding carboxylic acids is 1. The number of aromatic nitrogens is 1. The molecule has 0 aliphatic rings. The molecule has 22 heavy (non-hydrogen) atoms. The molecule has 2 amide bonds. The van der Waals surface area contributed by atoms with E-state index in [1.807, 2.05) is 0 Å². The van der Waals surface area contributed by atoms with E-state index < -0.39 is 29.5 Å². The van der Waals surface area contributed by atoms with Crippen molar-refractivity contribution in [1.29, 1.82) is 0 Å². The summed E-state index contributed by atoms with van der Waals surface area (Å²) < 4.78 is 40.4. The number of carbonyl (C=O) groups is 1. The maximum Gasteiger partial charge on any atom is 0.322 e. The zero-order chi connectivity index (χ0) is 16.3. The predicted molar refractivity (Wildman–Crippen MR) is 75.7 cm³/mol. The van der Waals surface area contributed by atoms with E-state index in [-0.39, 0.29) is 11.3 Å². The fraction of sp³-hybridized carbons (Fsp3) is 0.200. The van der Waals surface area contributed by atoms with Gasteiger partial charge in [0.25, 0.3) is 0 Å². The van der Waals surface area contributed by atoms with Crippen molar-refractivity contribution < 1.29 is 18.0 Å². The smallest absolute Gasteiger partial charge is 0.321 e. The number of rotatable bonds is 3. The van der Waals surface area contributed by atoms with Crippen molar-refractivity contribution in [2.24, 2.45) is 0 Å². The van der Waals surface area contributed by atoms with Crippen LogP contribution in [-0.2, 0) is 0 Å². The number of urea groups is 1. The van der Waals surface area contributed by atoms with E-state index in [1.165, 1.54) is 19.3 Å². The lowest BCUT2D eigenvalue weighted by molar-refractivity contribution is 0.207. The van der Waals surface area contributed by atoms with Crippen LogP contribution >= 0.6 is 0 Å². The first-order valence-corrected chi connectivity index (χ1v) is 6.48. The summed E-state index contributed by atoms with van der Waals surface area (Å²) in [6.07, 6.45) is 2.29. The Morgan fingerprint density at radius 3 is 2.64 bits per heavy atom. The van der Waals surface area contributed by atoms with E-state index in [0.717, 1.165) is 29.3 Å². The molecule has 0 saturated carbocycles. The van der Waals surface area contributed by atoms with Crippen LogP contribution in [0.15, 0.2) is 36.7 Å². The van der Waals surface area contributed by atoms with Gasteiger partial charge in [-0.1, -0.05) is 0 Å². The highest BCUT2D eigenvalue weighted by molar-refractivity contribution is 5.89. The Morgan fingerprint density at radius 2 is 1.95 bits per heavy atom. The highest BCUT2D eigenvalue weighted by Gasteiger charge is 2.21. The molecule has 1 aromatic carbocycles. The molecular weight excluding hydrogens is 295 g/mol. The minimum atomic E-state index is -0.736. The van der Waals surface area contributed by atoms with Gasteiger partial charge < -0.3 is 10.2 Å². The average Bonchev–Trinajstić information content (AvgIpc) is 2.50. The SMILES string of the molecule is C[C@H](c1cc(F)ccc1F)N(C)C(=O)Nc1ccncc1F. The molecule has 0 fully saturated rings. The van der Waals surface area contributed by atoms with Crippen LogP contribution in [-0.4, -0.2) is 23.0 Å². The predicted octanol–water partition coefficient (Wildman–Crippen LogP) is 3.72. The highest BCUT2D eigenvalue weighted by atomic mass is 19.1. The van der Waals surface area contributed by atoms with Crippen molar-refractivity contribution in [2.45, 2.75) is 13.0 Å². The first-order valence-electron chi connectivity index (χ1n) is 6.48. The Morgan fingerprint density at radius 1 is 1.23 bits per heavy atom. The van der Waals surface area contributed by atoms with Gasteiger partial charge in [0, 0.05) is 18.8 Å². The highest BCUT2D eigenvalue weighted by Crippen LogP contribution is 2.23. The summed E-state index contributed by atoms with van der Waals surface area (Å²) >= 11 is 0. The van der Waals surface area contributed by atoms with E-state index >= 15 is 0 Å². The van der Waals surface area contributed by atoms with E-state index in [2.05, 4.69) is 10.3 Å². The molecule has 1 atom stereocenters. The third-order valence-electron chi connectivity index (χ3n) is 3.32. The topological polar surface area (TPSA) is 45.2 Å². The molecule has 1 aromatic heterocycles. The zero-order valence-electron chi connectivity index (χ0n) is 12.0. The molecule has 7 heteroatoms. The summed E-state index contributed by atoms with van der Waals surface area (Å²) in [5, 5.41) is 2.35. The van der Waals surface area contributed by atoms with Crippen molar-refractivity contribution in [3.05, 3.63) is 59.7 Å². The van der Waals surface area contributed by atoms with Gasteiger partial charge in [0.05, 0.1) is 17.9 Å². The first kappa shape index (κ1) is 15.8. The van der Waals surface area contributed by atoms with Gasteiger partial charge in [-0.2, -0.15) is 0 Å². The molecule has 1 N–H and O–H groups in total. The summed E-state index contributed by atoms with van der Waals surface area (Å²) in [5.41, 5.74) is -0.00776. The Balaban J connectivity index is 2.16. The lowest BCUT2D eigenvalue weighted by Gasteiger charge is -2.26. The molecule has 0 bridgehead atoms. The Hall–Kier alpha value is -2.57. The van der Waals surface area contributed by atoms with E-state index in [9.17, 15) is 18.0 Å². The van der Waals surface area contributed by atoms with Crippen molar-refractivity contribution in [2.75, 3.05) is 12.4 Å². The van der Waals surface area contributed by atoms with Gasteiger partial charge in [-0.05, 0) is 31.2 Å². The van der Waals surface area contributed by atoms with Crippen LogP contribution in [0.5, 0.6) is 0 Å². The van der Waals surface area contributed by atoms with Gasteiger partial charge >= 0.3 is 6.03 Å². The van der Waals surface area contributed by atoms with Crippen LogP contribution in [0, 0.1) is 17.5 Å². The van der Waals surface area contributed by atoms with Crippen LogP contribution in [0.2, 0.25) is 0 Å². The van der Waals surface area contributed by atoms with Crippen molar-refractivity contribution in [3.63, 3.8) is 0 Å². The molecule has 2 aromatic rings. The minimum Gasteiger partial charge on any atom is -0.321 e. The Bertz CT molecular complexity index is 693. The number of hydrogen-bond donors (Lipinski definition) is 1. The van der Waals surface area contributed by atoms with Gasteiger partial charge in [-0.3, -0.25) is 4.98 Å². The van der Waals surface area contributed by atoms with E-state index in [0.29, 0.717) is 0 Å². The number of nitrogens with zero attached hydrogens (tertiary/aromatic N) is 2. The molecule has 0 aliphatic heterocycles. The number of anilines is 1. The molecule has 0 spiro atoms. The van der Waals surface area contributed by atoms with Crippen molar-refractivity contribution >= 4 is 11.7 Å². The number of pyridine rings is 1. The van der Waals surface area contributed by atoms with Gasteiger partial charge in [-0.25, -0.2) is 18.0 Å². The standard InChI is InChI=1S/C15H14F3N3O/c1-9(11-7-10(16)3-4-12(11)17)21(2)15(22)20-14-5-6-19-8-13(14)18/h3-9H,1-2H3,(H,19,20,22)/t9-/m1/s1. The number of benzene rings is 1. The van der Waals surface area contributed by atoms with Crippen LogP contribution in [0.4, 0.5) is 23.7 Å². The van der Waals surface area contributed by atoms with Gasteiger partial charge in [0.1, 0.15) is 11.6 Å². The molecule has 0 radical (unpaired) electrons. The third-order valence-corrected chi connectivity index (χ3v) is 3.32. The molecule has 0 aliphatic carbocycles. The first-order chi connectivity index (χ1) is 10.4.